The molecule has 9 aromatic carbocycles. The number of para-hydroxylation sites is 7. The van der Waals surface area contributed by atoms with Crippen molar-refractivity contribution in [3.05, 3.63) is 409 Å². The number of aromatic nitrogens is 12. The molecule has 24 nitrogen and oxygen atoms in total. The third kappa shape index (κ3) is 22.7. The molecule has 0 atom stereocenters. The second-order valence-electron chi connectivity index (χ2n) is 32.1. The maximum absolute atomic E-state index is 4.97. The number of pyridine rings is 2. The largest absolute Gasteiger partial charge is 0.510 e. The van der Waals surface area contributed by atoms with E-state index in [1.165, 1.54) is 27.8 Å². The molecule has 6 aliphatic rings. The minimum absolute atomic E-state index is 0. The topological polar surface area (TPSA) is 194 Å². The number of benzene rings is 9. The van der Waals surface area contributed by atoms with E-state index in [2.05, 4.69) is 188 Å². The molecule has 0 N–H and O–H groups in total. The molecule has 7 aromatic heterocycles. The molecule has 0 saturated heterocycles. The molecule has 0 aliphatic carbocycles. The fraction of sp³-hybridized carbons (Fsp3) is 0.140. The maximum atomic E-state index is 4.97. The molecular weight excluding hydrogens is 2580 g/mol. The maximum Gasteiger partial charge on any atom is 0.162 e. The molecule has 0 unspecified atom stereocenters. The van der Waals surface area contributed by atoms with E-state index in [-0.39, 0.29) is 101 Å². The van der Waals surface area contributed by atoms with E-state index in [1.807, 2.05) is 346 Å². The van der Waals surface area contributed by atoms with Crippen molar-refractivity contribution in [2.24, 2.45) is 0 Å². The first-order valence-corrected chi connectivity index (χ1v) is 43.0. The van der Waals surface area contributed by atoms with Gasteiger partial charge in [-0.2, -0.15) is 209 Å². The number of hydrogen-bond donors (Lipinski definition) is 0. The van der Waals surface area contributed by atoms with Crippen LogP contribution in [0.15, 0.2) is 299 Å². The van der Waals surface area contributed by atoms with Crippen molar-refractivity contribution >= 4 is 97.5 Å². The predicted octanol–water partition coefficient (Wildman–Crippen LogP) is 22.4. The number of hydrogen-bond acceptors (Lipinski definition) is 24. The van der Waals surface area contributed by atoms with Gasteiger partial charge in [-0.1, -0.05) is 88.4 Å². The Labute approximate surface area is 865 Å². The van der Waals surface area contributed by atoms with Crippen molar-refractivity contribution in [1.29, 1.82) is 0 Å². The van der Waals surface area contributed by atoms with Crippen molar-refractivity contribution in [2.45, 2.75) is 67.2 Å². The van der Waals surface area contributed by atoms with Gasteiger partial charge in [0.25, 0.3) is 0 Å². The average Bonchev–Trinajstić information content (AvgIpc) is 1.44. The number of rotatable bonds is 13. The molecule has 136 heavy (non-hydrogen) atoms. The van der Waals surface area contributed by atoms with E-state index in [1.54, 1.807) is 24.9 Å². The summed E-state index contributed by atoms with van der Waals surface area (Å²) < 4.78 is 0. The molecule has 0 spiro atoms. The smallest absolute Gasteiger partial charge is 0.162 e. The molecule has 5 radical (unpaired) electrons. The van der Waals surface area contributed by atoms with Gasteiger partial charge in [-0.15, -0.1) is 47.5 Å². The Balaban J connectivity index is 0.000000148. The molecule has 13 heterocycles. The number of nitrogens with zero attached hydrogens (tertiary/aromatic N) is 24. The summed E-state index contributed by atoms with van der Waals surface area (Å²) in [6.45, 7) is 29.1. The van der Waals surface area contributed by atoms with E-state index in [4.69, 9.17) is 24.9 Å². The van der Waals surface area contributed by atoms with Crippen molar-refractivity contribution < 1.29 is 101 Å². The SMILES string of the molecule is CC(C)c1cncc(C(C)C)c1-c1ncc2c(n1)N(C)[CH-]N2c1[c-]cccc1.CN1C=CN(c2[c-]cccc2)[CH-]1.CN1[CH-]N(c2[c-]cccc2)c2nccnc21.Cc1cccc(C)c1-c1ncnc2c1N(c1ccccc1)[CH-]N2c1[c-]cccc1.Cc1ccccc1-c1ncc2c(n1)N(C)[CH-]N2c1[c-]cccc1.Cc1cnccc1-c1ncc2c(n1)N(C)[CH-]N2c1[c-]cccc1.[Ir].[Ir].[Ir].[Ir].[Ir]. The van der Waals surface area contributed by atoms with Gasteiger partial charge < -0.3 is 58.8 Å². The van der Waals surface area contributed by atoms with Crippen LogP contribution in [0.5, 0.6) is 0 Å². The van der Waals surface area contributed by atoms with Crippen LogP contribution in [0.2, 0.25) is 0 Å². The van der Waals surface area contributed by atoms with Gasteiger partial charge >= 0.3 is 0 Å². The minimum atomic E-state index is 0. The number of aryl methyl sites for hydroxylation is 4. The summed E-state index contributed by atoms with van der Waals surface area (Å²) in [5.41, 5.74) is 23.1. The van der Waals surface area contributed by atoms with Gasteiger partial charge in [0.1, 0.15) is 41.2 Å². The monoisotopic (exact) mass is 2680 g/mol. The zero-order valence-electron chi connectivity index (χ0n) is 76.8. The van der Waals surface area contributed by atoms with Crippen LogP contribution in [0.25, 0.3) is 45.4 Å². The predicted molar refractivity (Wildman–Crippen MR) is 524 cm³/mol. The Morgan fingerprint density at radius 3 is 1.15 bits per heavy atom. The molecule has 16 aromatic rings. The minimum Gasteiger partial charge on any atom is -0.510 e. The van der Waals surface area contributed by atoms with Crippen molar-refractivity contribution in [3.8, 4) is 45.4 Å². The van der Waals surface area contributed by atoms with E-state index < -0.39 is 0 Å². The summed E-state index contributed by atoms with van der Waals surface area (Å²) in [6, 6.07) is 93.5. The Hall–Kier alpha value is -12.7. The van der Waals surface area contributed by atoms with Crippen LogP contribution in [0.4, 0.5) is 97.5 Å². The molecular formula is C107H96Ir5N24-12. The quantitative estimate of drug-likeness (QED) is 0.0988. The molecule has 22 rings (SSSR count). The van der Waals surface area contributed by atoms with E-state index in [0.717, 1.165) is 143 Å². The molecule has 6 aliphatic heterocycles. The van der Waals surface area contributed by atoms with Gasteiger partial charge in [-0.05, 0) is 139 Å². The zero-order chi connectivity index (χ0) is 90.6. The van der Waals surface area contributed by atoms with Gasteiger partial charge in [0.2, 0.25) is 0 Å². The van der Waals surface area contributed by atoms with E-state index in [0.29, 0.717) is 17.7 Å². The molecule has 29 heteroatoms. The third-order valence-corrected chi connectivity index (χ3v) is 22.3. The van der Waals surface area contributed by atoms with Gasteiger partial charge in [-0.25, -0.2) is 49.8 Å². The van der Waals surface area contributed by atoms with Gasteiger partial charge in [0.15, 0.2) is 17.5 Å². The number of anilines is 17. The fourth-order valence-electron chi connectivity index (χ4n) is 15.7. The van der Waals surface area contributed by atoms with Crippen LogP contribution >= 0.6 is 0 Å². The summed E-state index contributed by atoms with van der Waals surface area (Å²) in [5, 5.41) is 0. The summed E-state index contributed by atoms with van der Waals surface area (Å²) >= 11 is 0. The first-order chi connectivity index (χ1) is 63.9. The Morgan fingerprint density at radius 2 is 0.699 bits per heavy atom. The molecule has 0 saturated carbocycles. The molecule has 0 amide bonds. The van der Waals surface area contributed by atoms with Crippen LogP contribution < -0.4 is 53.9 Å². The Bertz CT molecular complexity index is 6440. The van der Waals surface area contributed by atoms with Crippen LogP contribution in [0.3, 0.4) is 0 Å². The summed E-state index contributed by atoms with van der Waals surface area (Å²) in [5.74, 6) is 8.13. The van der Waals surface area contributed by atoms with Crippen molar-refractivity contribution in [3.63, 3.8) is 0 Å². The van der Waals surface area contributed by atoms with Crippen LogP contribution in [-0.2, 0) is 101 Å². The second kappa shape index (κ2) is 47.2. The molecule has 701 valence electrons. The molecule has 0 bridgehead atoms. The fourth-order valence-corrected chi connectivity index (χ4v) is 15.7. The van der Waals surface area contributed by atoms with Crippen LogP contribution in [0, 0.1) is 104 Å². The first-order valence-electron chi connectivity index (χ1n) is 43.0. The van der Waals surface area contributed by atoms with Crippen molar-refractivity contribution in [1.82, 2.24) is 64.7 Å². The Kier molecular flexibility index (Phi) is 35.4. The standard InChI is InChI=1S/C25H20N4.C23H25N5.C19H16N4.C18H15N5.C12H10N4.C10H10N2.5Ir/c1-18-10-9-11-19(2)22(18)23-24-25(27-16-26-23)29(21-14-7-4-8-15-21)17-28(24)20-12-5-3-6-13-20;1-15(2)18-11-24-12-19(16(3)4)21(18)22-25-13-20-23(26-22)27(5)14-28(20)17-9-7-6-8-10-17;1-14-8-6-7-11-16(14)18-20-12-17-19(21-18)22(2)13-23(17)15-9-4-3-5-10-15;1-13-10-19-9-8-15(13)17-20-11-16-18(21-17)22(2)12-23(16)14-6-4-3-5-7-14;1-15-9-16(10-5-3-2-4-6-10)12-11(15)13-7-8-14-12;1-11-7-8-12(9-11)10-5-3-2-4-6-10;;;;;/h3-14,16-17H,1-2H3;6-9,11-16H,1-5H3;3-9,11-13H,1-2H3;3-6,8-12H,1-2H3;2-5,7-9H,1H3;2-5,7-9H,1H3;;;;;/q6*-2;;;;;. The van der Waals surface area contributed by atoms with Gasteiger partial charge in [0, 0.05) is 166 Å². The zero-order valence-corrected chi connectivity index (χ0v) is 88.8. The molecule has 0 fully saturated rings. The Morgan fingerprint density at radius 1 is 0.294 bits per heavy atom. The normalized spacial score (nSPS) is 13.1. The second-order valence-corrected chi connectivity index (χ2v) is 32.1. The first kappa shape index (κ1) is 102. The van der Waals surface area contributed by atoms with Gasteiger partial charge in [-0.3, -0.25) is 9.97 Å². The summed E-state index contributed by atoms with van der Waals surface area (Å²) in [7, 11) is 9.95. The van der Waals surface area contributed by atoms with Crippen molar-refractivity contribution in [2.75, 3.05) is 89.1 Å². The van der Waals surface area contributed by atoms with Crippen LogP contribution in [0.1, 0.15) is 72.9 Å². The van der Waals surface area contributed by atoms with Crippen LogP contribution in [-0.4, -0.2) is 99.9 Å². The average molecular weight is 2680 g/mol. The summed E-state index contributed by atoms with van der Waals surface area (Å²) in [6.07, 6.45) is 22.2. The van der Waals surface area contributed by atoms with Gasteiger partial charge in [0.05, 0.1) is 47.0 Å². The van der Waals surface area contributed by atoms with E-state index in [9.17, 15) is 0 Å². The third-order valence-electron chi connectivity index (χ3n) is 22.3. The summed E-state index contributed by atoms with van der Waals surface area (Å²) in [4.78, 5) is 79.4. The van der Waals surface area contributed by atoms with E-state index >= 15 is 0 Å². The number of fused-ring (bicyclic) bond motifs is 5.